The van der Waals surface area contributed by atoms with Gasteiger partial charge in [0.2, 0.25) is 5.91 Å². The van der Waals surface area contributed by atoms with Gasteiger partial charge in [0.25, 0.3) is 0 Å². The van der Waals surface area contributed by atoms with Crippen molar-refractivity contribution in [2.24, 2.45) is 0 Å². The molecule has 0 aliphatic carbocycles. The number of carbonyl (C=O) groups excluding carboxylic acids is 1. The molecule has 0 saturated carbocycles. The number of hydrogen-bond donors (Lipinski definition) is 7. The molecule has 6 unspecified atom stereocenters. The van der Waals surface area contributed by atoms with Gasteiger partial charge in [0.1, 0.15) is 30.5 Å². The van der Waals surface area contributed by atoms with Crippen LogP contribution >= 0.6 is 0 Å². The summed E-state index contributed by atoms with van der Waals surface area (Å²) in [6.07, 6.45) is -9.95. The van der Waals surface area contributed by atoms with Crippen LogP contribution in [0.3, 0.4) is 0 Å². The van der Waals surface area contributed by atoms with E-state index in [-0.39, 0.29) is 19.4 Å². The molecule has 25 heavy (non-hydrogen) atoms. The van der Waals surface area contributed by atoms with Crippen molar-refractivity contribution in [3.8, 4) is 0 Å². The summed E-state index contributed by atoms with van der Waals surface area (Å²) in [5.41, 5.74) is 0. The molecule has 1 aliphatic heterocycles. The van der Waals surface area contributed by atoms with Crippen LogP contribution in [0.4, 0.5) is 0 Å². The summed E-state index contributed by atoms with van der Waals surface area (Å²) >= 11 is 0. The summed E-state index contributed by atoms with van der Waals surface area (Å²) in [6, 6.07) is -1.06. The van der Waals surface area contributed by atoms with E-state index < -0.39 is 61.5 Å². The Balaban J connectivity index is 2.75. The topological polar surface area (TPSA) is 169 Å². The number of nitrogens with one attached hydrogen (secondary N) is 1. The van der Waals surface area contributed by atoms with E-state index in [0.29, 0.717) is 0 Å². The van der Waals surface area contributed by atoms with Crippen molar-refractivity contribution >= 4 is 5.91 Å². The molecule has 1 aliphatic rings. The van der Waals surface area contributed by atoms with Crippen LogP contribution in [0.15, 0.2) is 0 Å². The van der Waals surface area contributed by atoms with Crippen LogP contribution in [0.2, 0.25) is 0 Å². The first kappa shape index (κ1) is 22.2. The number of ether oxygens (including phenoxy) is 2. The van der Waals surface area contributed by atoms with Gasteiger partial charge in [-0.3, -0.25) is 4.79 Å². The van der Waals surface area contributed by atoms with E-state index in [9.17, 15) is 30.3 Å². The average molecular weight is 365 g/mol. The van der Waals surface area contributed by atoms with E-state index in [1.54, 1.807) is 6.92 Å². The standard InChI is InChI=1S/C15H27NO9/c1-3-8(18)11(20)7(16-10(19)4-2)6-24-15-14(23)13(22)12(21)9(5-17)25-15/h2,7-9,11-15,17-18,20-23H,3-6H2,1H3,(H,16,19)/t7?,8?,9?,11?,12-,13?,14?,15+/m0/s1. The second-order valence-corrected chi connectivity index (χ2v) is 5.87. The number of rotatable bonds is 9. The van der Waals surface area contributed by atoms with Crippen LogP contribution in [0.5, 0.6) is 0 Å². The van der Waals surface area contributed by atoms with Gasteiger partial charge in [0, 0.05) is 6.42 Å². The summed E-state index contributed by atoms with van der Waals surface area (Å²) < 4.78 is 10.5. The Labute approximate surface area is 146 Å². The lowest BCUT2D eigenvalue weighted by Crippen LogP contribution is -2.60. The summed E-state index contributed by atoms with van der Waals surface area (Å²) in [7, 11) is 0. The highest BCUT2D eigenvalue weighted by atomic mass is 16.7. The van der Waals surface area contributed by atoms with Gasteiger partial charge in [-0.05, 0) is 13.3 Å². The summed E-state index contributed by atoms with van der Waals surface area (Å²) in [5.74, 6) is -0.593. The van der Waals surface area contributed by atoms with Crippen molar-refractivity contribution in [3.63, 3.8) is 0 Å². The van der Waals surface area contributed by atoms with Gasteiger partial charge in [0.15, 0.2) is 6.29 Å². The second-order valence-electron chi connectivity index (χ2n) is 5.87. The lowest BCUT2D eigenvalue weighted by Gasteiger charge is -2.40. The van der Waals surface area contributed by atoms with Crippen LogP contribution in [-0.4, -0.2) is 98.7 Å². The van der Waals surface area contributed by atoms with Gasteiger partial charge in [-0.15, -0.1) is 0 Å². The lowest BCUT2D eigenvalue weighted by atomic mass is 9.99. The first-order valence-corrected chi connectivity index (χ1v) is 8.04. The molecule has 2 radical (unpaired) electrons. The van der Waals surface area contributed by atoms with Crippen molar-refractivity contribution in [2.45, 2.75) is 68.7 Å². The van der Waals surface area contributed by atoms with Crippen LogP contribution in [-0.2, 0) is 14.3 Å². The lowest BCUT2D eigenvalue weighted by molar-refractivity contribution is -0.303. The van der Waals surface area contributed by atoms with Gasteiger partial charge >= 0.3 is 0 Å². The molecule has 8 atom stereocenters. The van der Waals surface area contributed by atoms with Crippen molar-refractivity contribution in [2.75, 3.05) is 13.2 Å². The molecular weight excluding hydrogens is 338 g/mol. The van der Waals surface area contributed by atoms with Gasteiger partial charge < -0.3 is 45.4 Å². The molecule has 7 N–H and O–H groups in total. The fourth-order valence-electron chi connectivity index (χ4n) is 2.40. The monoisotopic (exact) mass is 365 g/mol. The van der Waals surface area contributed by atoms with Gasteiger partial charge in [-0.2, -0.15) is 0 Å². The molecule has 1 heterocycles. The number of hydrogen-bond acceptors (Lipinski definition) is 9. The first-order valence-electron chi connectivity index (χ1n) is 8.04. The highest BCUT2D eigenvalue weighted by molar-refractivity contribution is 5.76. The molecule has 1 rings (SSSR count). The van der Waals surface area contributed by atoms with Crippen molar-refractivity contribution in [1.29, 1.82) is 0 Å². The fourth-order valence-corrected chi connectivity index (χ4v) is 2.40. The van der Waals surface area contributed by atoms with Crippen molar-refractivity contribution < 1.29 is 44.9 Å². The van der Waals surface area contributed by atoms with Crippen LogP contribution < -0.4 is 5.32 Å². The smallest absolute Gasteiger partial charge is 0.220 e. The van der Waals surface area contributed by atoms with E-state index in [2.05, 4.69) is 5.32 Å². The quantitative estimate of drug-likeness (QED) is 0.219. The Bertz CT molecular complexity index is 408. The van der Waals surface area contributed by atoms with Gasteiger partial charge in [-0.1, -0.05) is 6.92 Å². The Kier molecular flexibility index (Phi) is 9.17. The Morgan fingerprint density at radius 3 is 2.40 bits per heavy atom. The summed E-state index contributed by atoms with van der Waals surface area (Å²) in [4.78, 5) is 11.5. The fraction of sp³-hybridized carbons (Fsp3) is 0.867. The Hall–Kier alpha value is -0.850. The van der Waals surface area contributed by atoms with E-state index in [1.807, 2.05) is 0 Å². The molecule has 0 spiro atoms. The molecule has 0 bridgehead atoms. The second kappa shape index (κ2) is 10.3. The third-order valence-electron chi connectivity index (χ3n) is 4.05. The molecule has 1 amide bonds. The van der Waals surface area contributed by atoms with E-state index in [0.717, 1.165) is 0 Å². The van der Waals surface area contributed by atoms with Crippen LogP contribution in [0, 0.1) is 6.92 Å². The third-order valence-corrected chi connectivity index (χ3v) is 4.05. The minimum Gasteiger partial charge on any atom is -0.394 e. The number of amides is 1. The SMILES string of the molecule is [CH]CC(=O)NC(CO[C@@H]1OC(CO)[C@H](O)C(O)C1O)C(O)C(O)CC. The van der Waals surface area contributed by atoms with Crippen molar-refractivity contribution in [1.82, 2.24) is 5.32 Å². The van der Waals surface area contributed by atoms with Crippen LogP contribution in [0.1, 0.15) is 19.8 Å². The Morgan fingerprint density at radius 2 is 1.88 bits per heavy atom. The highest BCUT2D eigenvalue weighted by Crippen LogP contribution is 2.22. The zero-order valence-electron chi connectivity index (χ0n) is 13.9. The van der Waals surface area contributed by atoms with Gasteiger partial charge in [-0.25, -0.2) is 0 Å². The first-order chi connectivity index (χ1) is 11.8. The Morgan fingerprint density at radius 1 is 1.24 bits per heavy atom. The van der Waals surface area contributed by atoms with E-state index in [1.165, 1.54) is 0 Å². The maximum Gasteiger partial charge on any atom is 0.220 e. The number of carbonyl (C=O) groups is 1. The van der Waals surface area contributed by atoms with E-state index >= 15 is 0 Å². The minimum atomic E-state index is -1.61. The predicted molar refractivity (Wildman–Crippen MR) is 82.9 cm³/mol. The molecular formula is C15H27NO9. The zero-order chi connectivity index (χ0) is 19.1. The molecule has 1 saturated heterocycles. The number of aliphatic hydroxyl groups excluding tert-OH is 6. The average Bonchev–Trinajstić information content (AvgIpc) is 2.62. The molecule has 146 valence electrons. The van der Waals surface area contributed by atoms with Gasteiger partial charge in [0.05, 0.1) is 25.4 Å². The molecule has 0 aromatic rings. The molecule has 10 heteroatoms. The minimum absolute atomic E-state index is 0.218. The molecule has 10 nitrogen and oxygen atoms in total. The predicted octanol–water partition coefficient (Wildman–Crippen LogP) is -3.48. The molecule has 0 aromatic heterocycles. The summed E-state index contributed by atoms with van der Waals surface area (Å²) in [5, 5.41) is 60.7. The van der Waals surface area contributed by atoms with Crippen molar-refractivity contribution in [3.05, 3.63) is 6.92 Å². The summed E-state index contributed by atoms with van der Waals surface area (Å²) in [6.45, 7) is 5.84. The highest BCUT2D eigenvalue weighted by Gasteiger charge is 2.44. The maximum absolute atomic E-state index is 11.5. The molecule has 0 aromatic carbocycles. The normalized spacial score (nSPS) is 33.5. The molecule has 1 fully saturated rings. The maximum atomic E-state index is 11.5. The van der Waals surface area contributed by atoms with Crippen LogP contribution in [0.25, 0.3) is 0 Å². The zero-order valence-corrected chi connectivity index (χ0v) is 13.9. The third kappa shape index (κ3) is 5.83. The van der Waals surface area contributed by atoms with E-state index in [4.69, 9.17) is 21.5 Å². The largest absolute Gasteiger partial charge is 0.394 e. The number of aliphatic hydroxyl groups is 6.